The SMILES string of the molecule is O=C(CSc1nncc2ccccc12)N1CCCC2CCCCC21. The molecule has 1 aromatic heterocycles. The summed E-state index contributed by atoms with van der Waals surface area (Å²) in [6.45, 7) is 0.932. The van der Waals surface area contributed by atoms with Crippen molar-refractivity contribution in [3.05, 3.63) is 30.5 Å². The van der Waals surface area contributed by atoms with E-state index >= 15 is 0 Å². The zero-order valence-corrected chi connectivity index (χ0v) is 14.7. The van der Waals surface area contributed by atoms with Crippen LogP contribution in [0.1, 0.15) is 38.5 Å². The van der Waals surface area contributed by atoms with Crippen LogP contribution in [0.2, 0.25) is 0 Å². The molecule has 24 heavy (non-hydrogen) atoms. The normalized spacial score (nSPS) is 23.9. The van der Waals surface area contributed by atoms with Gasteiger partial charge in [-0.2, -0.15) is 5.10 Å². The molecule has 2 fully saturated rings. The predicted molar refractivity (Wildman–Crippen MR) is 97.0 cm³/mol. The van der Waals surface area contributed by atoms with Crippen LogP contribution in [0.25, 0.3) is 10.8 Å². The second kappa shape index (κ2) is 7.09. The number of carbonyl (C=O) groups is 1. The lowest BCUT2D eigenvalue weighted by molar-refractivity contribution is -0.134. The minimum absolute atomic E-state index is 0.270. The summed E-state index contributed by atoms with van der Waals surface area (Å²) in [5, 5.41) is 11.3. The molecule has 2 heterocycles. The molecule has 0 N–H and O–H groups in total. The van der Waals surface area contributed by atoms with Crippen molar-refractivity contribution in [1.29, 1.82) is 0 Å². The summed E-state index contributed by atoms with van der Waals surface area (Å²) in [5.74, 6) is 1.47. The topological polar surface area (TPSA) is 46.1 Å². The van der Waals surface area contributed by atoms with Gasteiger partial charge in [0.25, 0.3) is 0 Å². The number of benzene rings is 1. The first kappa shape index (κ1) is 15.9. The van der Waals surface area contributed by atoms with Gasteiger partial charge in [0.15, 0.2) is 0 Å². The standard InChI is InChI=1S/C19H23N3OS/c23-18(22-11-5-8-14-6-2-4-10-17(14)22)13-24-19-16-9-3-1-7-15(16)12-20-21-19/h1,3,7,9,12,14,17H,2,4-6,8,10-11,13H2. The van der Waals surface area contributed by atoms with Crippen molar-refractivity contribution in [2.24, 2.45) is 5.92 Å². The van der Waals surface area contributed by atoms with Gasteiger partial charge in [-0.3, -0.25) is 4.79 Å². The Kier molecular flexibility index (Phi) is 4.69. The first-order valence-electron chi connectivity index (χ1n) is 8.95. The molecule has 1 aliphatic heterocycles. The maximum atomic E-state index is 12.8. The van der Waals surface area contributed by atoms with E-state index in [1.165, 1.54) is 43.9 Å². The second-order valence-corrected chi connectivity index (χ2v) is 7.83. The molecule has 1 aromatic carbocycles. The number of carbonyl (C=O) groups excluding carboxylic acids is 1. The van der Waals surface area contributed by atoms with E-state index in [1.807, 2.05) is 18.2 Å². The summed E-state index contributed by atoms with van der Waals surface area (Å²) in [5.41, 5.74) is 0. The van der Waals surface area contributed by atoms with Crippen LogP contribution in [0.15, 0.2) is 35.5 Å². The smallest absolute Gasteiger partial charge is 0.233 e. The Labute approximate surface area is 147 Å². The van der Waals surface area contributed by atoms with E-state index in [0.717, 1.165) is 34.7 Å². The van der Waals surface area contributed by atoms with Crippen molar-refractivity contribution in [3.63, 3.8) is 0 Å². The number of amides is 1. The molecule has 2 unspecified atom stereocenters. The molecule has 2 aromatic rings. The summed E-state index contributed by atoms with van der Waals surface area (Å²) in [4.78, 5) is 15.0. The molecule has 1 aliphatic carbocycles. The molecular weight excluding hydrogens is 318 g/mol. The molecule has 2 atom stereocenters. The molecule has 1 amide bonds. The number of thioether (sulfide) groups is 1. The number of piperidine rings is 1. The Morgan fingerprint density at radius 1 is 1.17 bits per heavy atom. The van der Waals surface area contributed by atoms with Gasteiger partial charge in [-0.15, -0.1) is 5.10 Å². The zero-order chi connectivity index (χ0) is 16.4. The molecular formula is C19H23N3OS. The highest BCUT2D eigenvalue weighted by atomic mass is 32.2. The lowest BCUT2D eigenvalue weighted by Crippen LogP contribution is -2.50. The highest BCUT2D eigenvalue weighted by Crippen LogP contribution is 2.36. The van der Waals surface area contributed by atoms with E-state index in [2.05, 4.69) is 21.2 Å². The number of hydrogen-bond donors (Lipinski definition) is 0. The first-order valence-corrected chi connectivity index (χ1v) is 9.94. The molecule has 0 radical (unpaired) electrons. The van der Waals surface area contributed by atoms with Crippen molar-refractivity contribution in [2.45, 2.75) is 49.6 Å². The van der Waals surface area contributed by atoms with Crippen molar-refractivity contribution in [3.8, 4) is 0 Å². The van der Waals surface area contributed by atoms with E-state index in [0.29, 0.717) is 11.8 Å². The van der Waals surface area contributed by atoms with E-state index in [9.17, 15) is 4.79 Å². The van der Waals surface area contributed by atoms with Crippen LogP contribution < -0.4 is 0 Å². The molecule has 126 valence electrons. The summed E-state index contributed by atoms with van der Waals surface area (Å²) in [7, 11) is 0. The third kappa shape index (κ3) is 3.14. The average Bonchev–Trinajstić information content (AvgIpc) is 2.65. The van der Waals surface area contributed by atoms with Crippen LogP contribution in [-0.4, -0.2) is 39.3 Å². The number of rotatable bonds is 3. The van der Waals surface area contributed by atoms with Gasteiger partial charge in [0.1, 0.15) is 5.03 Å². The Hall–Kier alpha value is -1.62. The monoisotopic (exact) mass is 341 g/mol. The zero-order valence-electron chi connectivity index (χ0n) is 13.9. The molecule has 2 aliphatic rings. The minimum atomic E-state index is 0.270. The third-order valence-corrected chi connectivity index (χ3v) is 6.40. The van der Waals surface area contributed by atoms with E-state index < -0.39 is 0 Å². The molecule has 1 saturated carbocycles. The molecule has 1 saturated heterocycles. The molecule has 4 rings (SSSR count). The number of aromatic nitrogens is 2. The fourth-order valence-corrected chi connectivity index (χ4v) is 5.13. The van der Waals surface area contributed by atoms with Gasteiger partial charge in [0, 0.05) is 23.4 Å². The van der Waals surface area contributed by atoms with Gasteiger partial charge in [-0.1, -0.05) is 48.9 Å². The van der Waals surface area contributed by atoms with E-state index in [1.54, 1.807) is 6.20 Å². The van der Waals surface area contributed by atoms with Gasteiger partial charge in [0.2, 0.25) is 5.91 Å². The summed E-state index contributed by atoms with van der Waals surface area (Å²) < 4.78 is 0. The largest absolute Gasteiger partial charge is 0.339 e. The van der Waals surface area contributed by atoms with Crippen molar-refractivity contribution < 1.29 is 4.79 Å². The molecule has 5 heteroatoms. The predicted octanol–water partition coefficient (Wildman–Crippen LogP) is 3.90. The molecule has 0 bridgehead atoms. The minimum Gasteiger partial charge on any atom is -0.339 e. The summed E-state index contributed by atoms with van der Waals surface area (Å²) in [6.07, 6.45) is 9.34. The Balaban J connectivity index is 1.46. The van der Waals surface area contributed by atoms with Gasteiger partial charge >= 0.3 is 0 Å². The molecule has 0 spiro atoms. The van der Waals surface area contributed by atoms with Crippen molar-refractivity contribution in [1.82, 2.24) is 15.1 Å². The van der Waals surface area contributed by atoms with E-state index in [4.69, 9.17) is 0 Å². The van der Waals surface area contributed by atoms with Crippen molar-refractivity contribution in [2.75, 3.05) is 12.3 Å². The lowest BCUT2D eigenvalue weighted by atomic mass is 9.78. The number of fused-ring (bicyclic) bond motifs is 2. The Morgan fingerprint density at radius 3 is 2.96 bits per heavy atom. The van der Waals surface area contributed by atoms with Crippen LogP contribution in [0, 0.1) is 5.92 Å². The highest BCUT2D eigenvalue weighted by molar-refractivity contribution is 8.00. The second-order valence-electron chi connectivity index (χ2n) is 6.87. The quantitative estimate of drug-likeness (QED) is 0.794. The summed E-state index contributed by atoms with van der Waals surface area (Å²) >= 11 is 1.53. The van der Waals surface area contributed by atoms with Crippen LogP contribution in [0.3, 0.4) is 0 Å². The maximum Gasteiger partial charge on any atom is 0.233 e. The Morgan fingerprint density at radius 2 is 2.00 bits per heavy atom. The third-order valence-electron chi connectivity index (χ3n) is 5.43. The average molecular weight is 341 g/mol. The molecule has 4 nitrogen and oxygen atoms in total. The highest BCUT2D eigenvalue weighted by Gasteiger charge is 2.35. The number of likely N-dealkylation sites (tertiary alicyclic amines) is 1. The fraction of sp³-hybridized carbons (Fsp3) is 0.526. The van der Waals surface area contributed by atoms with E-state index in [-0.39, 0.29) is 5.91 Å². The van der Waals surface area contributed by atoms with Gasteiger partial charge in [-0.05, 0) is 31.6 Å². The van der Waals surface area contributed by atoms with Gasteiger partial charge < -0.3 is 4.90 Å². The lowest BCUT2D eigenvalue weighted by Gasteiger charge is -2.44. The first-order chi connectivity index (χ1) is 11.8. The van der Waals surface area contributed by atoms with Crippen LogP contribution in [0.4, 0.5) is 0 Å². The van der Waals surface area contributed by atoms with Crippen LogP contribution in [-0.2, 0) is 4.79 Å². The maximum absolute atomic E-state index is 12.8. The van der Waals surface area contributed by atoms with Gasteiger partial charge in [0.05, 0.1) is 11.9 Å². The van der Waals surface area contributed by atoms with Gasteiger partial charge in [-0.25, -0.2) is 0 Å². The fourth-order valence-electron chi connectivity index (χ4n) is 4.26. The Bertz CT molecular complexity index is 728. The van der Waals surface area contributed by atoms with Crippen LogP contribution >= 0.6 is 11.8 Å². The number of nitrogens with zero attached hydrogens (tertiary/aromatic N) is 3. The summed E-state index contributed by atoms with van der Waals surface area (Å²) in [6, 6.07) is 8.58. The van der Waals surface area contributed by atoms with Crippen molar-refractivity contribution >= 4 is 28.4 Å². The number of hydrogen-bond acceptors (Lipinski definition) is 4. The van der Waals surface area contributed by atoms with Crippen LogP contribution in [0.5, 0.6) is 0 Å².